The second kappa shape index (κ2) is 5.67. The zero-order chi connectivity index (χ0) is 13.0. The molecule has 1 heterocycles. The lowest BCUT2D eigenvalue weighted by Crippen LogP contribution is -2.19. The summed E-state index contributed by atoms with van der Waals surface area (Å²) in [6.45, 7) is 5.33. The monoisotopic (exact) mass is 249 g/mol. The molecule has 1 fully saturated rings. The molecule has 0 aliphatic carbocycles. The van der Waals surface area contributed by atoms with Crippen molar-refractivity contribution in [2.45, 2.75) is 12.8 Å². The number of esters is 1. The number of benzene rings is 1. The largest absolute Gasteiger partial charge is 0.458 e. The molecule has 0 spiro atoms. The van der Waals surface area contributed by atoms with E-state index in [2.05, 4.69) is 6.58 Å². The Morgan fingerprint density at radius 1 is 1.44 bits per heavy atom. The summed E-state index contributed by atoms with van der Waals surface area (Å²) in [5.41, 5.74) is 0.796. The smallest absolute Gasteiger partial charge is 0.338 e. The van der Waals surface area contributed by atoms with Gasteiger partial charge in [-0.2, -0.15) is 0 Å². The van der Waals surface area contributed by atoms with Crippen LogP contribution in [0.4, 0.5) is 10.1 Å². The predicted octanol–water partition coefficient (Wildman–Crippen LogP) is 2.77. The Morgan fingerprint density at radius 2 is 2.17 bits per heavy atom. The van der Waals surface area contributed by atoms with Gasteiger partial charge in [0.15, 0.2) is 0 Å². The van der Waals surface area contributed by atoms with E-state index >= 15 is 0 Å². The van der Waals surface area contributed by atoms with Gasteiger partial charge in [0, 0.05) is 13.1 Å². The normalized spacial score (nSPS) is 14.6. The van der Waals surface area contributed by atoms with E-state index in [4.69, 9.17) is 4.74 Å². The Hall–Kier alpha value is -1.84. The van der Waals surface area contributed by atoms with Gasteiger partial charge >= 0.3 is 5.97 Å². The molecule has 0 saturated carbocycles. The van der Waals surface area contributed by atoms with Gasteiger partial charge in [-0.15, -0.1) is 0 Å². The number of halogens is 1. The van der Waals surface area contributed by atoms with E-state index in [1.807, 2.05) is 4.90 Å². The molecule has 2 rings (SSSR count). The molecule has 0 atom stereocenters. The fourth-order valence-corrected chi connectivity index (χ4v) is 2.07. The van der Waals surface area contributed by atoms with E-state index in [9.17, 15) is 9.18 Å². The van der Waals surface area contributed by atoms with Crippen LogP contribution >= 0.6 is 0 Å². The highest BCUT2D eigenvalue weighted by Gasteiger charge is 2.17. The summed E-state index contributed by atoms with van der Waals surface area (Å²) in [7, 11) is 0. The lowest BCUT2D eigenvalue weighted by molar-refractivity contribution is 0.0549. The van der Waals surface area contributed by atoms with Gasteiger partial charge in [-0.05, 0) is 31.0 Å². The van der Waals surface area contributed by atoms with Gasteiger partial charge in [0.2, 0.25) is 0 Å². The van der Waals surface area contributed by atoms with Crippen LogP contribution < -0.4 is 4.90 Å². The third-order valence-corrected chi connectivity index (χ3v) is 2.96. The molecule has 1 aromatic rings. The Bertz CT molecular complexity index is 453. The fourth-order valence-electron chi connectivity index (χ4n) is 2.07. The molecule has 0 N–H and O–H groups in total. The molecule has 0 unspecified atom stereocenters. The SMILES string of the molecule is C=CCOC(=O)c1ccc(N2CCCC2)c(F)c1. The highest BCUT2D eigenvalue weighted by Crippen LogP contribution is 2.24. The second-order valence-corrected chi connectivity index (χ2v) is 4.25. The van der Waals surface area contributed by atoms with E-state index in [1.54, 1.807) is 12.1 Å². The number of hydrogen-bond acceptors (Lipinski definition) is 3. The van der Waals surface area contributed by atoms with Gasteiger partial charge in [0.1, 0.15) is 12.4 Å². The second-order valence-electron chi connectivity index (χ2n) is 4.25. The van der Waals surface area contributed by atoms with Crippen molar-refractivity contribution < 1.29 is 13.9 Å². The van der Waals surface area contributed by atoms with Gasteiger partial charge in [0.25, 0.3) is 0 Å². The first-order valence-electron chi connectivity index (χ1n) is 6.05. The zero-order valence-corrected chi connectivity index (χ0v) is 10.2. The highest BCUT2D eigenvalue weighted by molar-refractivity contribution is 5.90. The predicted molar refractivity (Wildman–Crippen MR) is 68.3 cm³/mol. The number of nitrogens with zero attached hydrogens (tertiary/aromatic N) is 1. The Labute approximate surface area is 106 Å². The summed E-state index contributed by atoms with van der Waals surface area (Å²) in [6.07, 6.45) is 3.65. The van der Waals surface area contributed by atoms with Crippen molar-refractivity contribution in [1.29, 1.82) is 0 Å². The average Bonchev–Trinajstić information content (AvgIpc) is 2.89. The molecular weight excluding hydrogens is 233 g/mol. The summed E-state index contributed by atoms with van der Waals surface area (Å²) in [5, 5.41) is 0. The summed E-state index contributed by atoms with van der Waals surface area (Å²) < 4.78 is 18.8. The van der Waals surface area contributed by atoms with Crippen molar-refractivity contribution in [3.05, 3.63) is 42.2 Å². The number of rotatable bonds is 4. The standard InChI is InChI=1S/C14H16FNO2/c1-2-9-18-14(17)11-5-6-13(12(15)10-11)16-7-3-4-8-16/h2,5-6,10H,1,3-4,7-9H2. The van der Waals surface area contributed by atoms with Crippen LogP contribution in [0.2, 0.25) is 0 Å². The van der Waals surface area contributed by atoms with E-state index in [0.717, 1.165) is 25.9 Å². The molecule has 3 nitrogen and oxygen atoms in total. The third-order valence-electron chi connectivity index (χ3n) is 2.96. The van der Waals surface area contributed by atoms with Gasteiger partial charge in [-0.3, -0.25) is 0 Å². The van der Waals surface area contributed by atoms with Gasteiger partial charge in [-0.1, -0.05) is 12.7 Å². The molecule has 96 valence electrons. The van der Waals surface area contributed by atoms with E-state index < -0.39 is 5.97 Å². The first-order valence-corrected chi connectivity index (χ1v) is 6.05. The Morgan fingerprint density at radius 3 is 2.78 bits per heavy atom. The van der Waals surface area contributed by atoms with Crippen LogP contribution in [-0.2, 0) is 4.74 Å². The summed E-state index contributed by atoms with van der Waals surface area (Å²) >= 11 is 0. The number of hydrogen-bond donors (Lipinski definition) is 0. The molecule has 18 heavy (non-hydrogen) atoms. The summed E-state index contributed by atoms with van der Waals surface area (Å²) in [4.78, 5) is 13.5. The van der Waals surface area contributed by atoms with Crippen LogP contribution in [-0.4, -0.2) is 25.7 Å². The minimum atomic E-state index is -0.526. The zero-order valence-electron chi connectivity index (χ0n) is 10.2. The molecule has 1 aromatic carbocycles. The van der Waals surface area contributed by atoms with Crippen LogP contribution in [0.3, 0.4) is 0 Å². The van der Waals surface area contributed by atoms with Gasteiger partial charge in [-0.25, -0.2) is 9.18 Å². The minimum Gasteiger partial charge on any atom is -0.458 e. The molecule has 4 heteroatoms. The third kappa shape index (κ3) is 2.70. The van der Waals surface area contributed by atoms with Gasteiger partial charge < -0.3 is 9.64 Å². The van der Waals surface area contributed by atoms with Crippen molar-refractivity contribution in [3.8, 4) is 0 Å². The lowest BCUT2D eigenvalue weighted by atomic mass is 10.2. The fraction of sp³-hybridized carbons (Fsp3) is 0.357. The quantitative estimate of drug-likeness (QED) is 0.607. The lowest BCUT2D eigenvalue weighted by Gasteiger charge is -2.18. The maximum atomic E-state index is 13.9. The molecule has 1 aliphatic heterocycles. The van der Waals surface area contributed by atoms with Crippen molar-refractivity contribution in [2.24, 2.45) is 0 Å². The Kier molecular flexibility index (Phi) is 3.97. The maximum Gasteiger partial charge on any atom is 0.338 e. The highest BCUT2D eigenvalue weighted by atomic mass is 19.1. The molecular formula is C14H16FNO2. The van der Waals surface area contributed by atoms with Crippen molar-refractivity contribution in [2.75, 3.05) is 24.6 Å². The first-order chi connectivity index (χ1) is 8.72. The van der Waals surface area contributed by atoms with Crippen molar-refractivity contribution >= 4 is 11.7 Å². The molecule has 0 bridgehead atoms. The molecule has 1 saturated heterocycles. The molecule has 0 radical (unpaired) electrons. The van der Waals surface area contributed by atoms with Crippen LogP contribution in [0, 0.1) is 5.82 Å². The summed E-state index contributed by atoms with van der Waals surface area (Å²) in [5.74, 6) is -0.897. The first kappa shape index (κ1) is 12.6. The van der Waals surface area contributed by atoms with Crippen LogP contribution in [0.5, 0.6) is 0 Å². The summed E-state index contributed by atoms with van der Waals surface area (Å²) in [6, 6.07) is 4.48. The molecule has 0 amide bonds. The van der Waals surface area contributed by atoms with Gasteiger partial charge in [0.05, 0.1) is 11.3 Å². The average molecular weight is 249 g/mol. The van der Waals surface area contributed by atoms with E-state index in [-0.39, 0.29) is 18.0 Å². The maximum absolute atomic E-state index is 13.9. The molecule has 0 aromatic heterocycles. The van der Waals surface area contributed by atoms with Crippen molar-refractivity contribution in [3.63, 3.8) is 0 Å². The Balaban J connectivity index is 2.13. The number of carbonyl (C=O) groups is 1. The number of ether oxygens (including phenoxy) is 1. The topological polar surface area (TPSA) is 29.5 Å². The molecule has 1 aliphatic rings. The number of carbonyl (C=O) groups excluding carboxylic acids is 1. The van der Waals surface area contributed by atoms with Crippen LogP contribution in [0.1, 0.15) is 23.2 Å². The van der Waals surface area contributed by atoms with Crippen LogP contribution in [0.15, 0.2) is 30.9 Å². The van der Waals surface area contributed by atoms with E-state index in [1.165, 1.54) is 12.1 Å². The minimum absolute atomic E-state index is 0.133. The van der Waals surface area contributed by atoms with E-state index in [0.29, 0.717) is 5.69 Å². The van der Waals surface area contributed by atoms with Crippen LogP contribution in [0.25, 0.3) is 0 Å². The number of anilines is 1. The van der Waals surface area contributed by atoms with Crippen molar-refractivity contribution in [1.82, 2.24) is 0 Å².